The van der Waals surface area contributed by atoms with Crippen molar-refractivity contribution in [3.05, 3.63) is 24.3 Å². The van der Waals surface area contributed by atoms with Gasteiger partial charge < -0.3 is 16.4 Å². The lowest BCUT2D eigenvalue weighted by Crippen LogP contribution is -2.45. The van der Waals surface area contributed by atoms with Crippen molar-refractivity contribution in [1.29, 1.82) is 0 Å². The second-order valence-electron chi connectivity index (χ2n) is 4.84. The molecule has 1 aromatic carbocycles. The minimum absolute atomic E-state index is 0.187. The number of carbonyl (C=O) groups is 1. The van der Waals surface area contributed by atoms with E-state index in [1.165, 1.54) is 0 Å². The van der Waals surface area contributed by atoms with E-state index >= 15 is 0 Å². The van der Waals surface area contributed by atoms with Gasteiger partial charge in [-0.1, -0.05) is 13.3 Å². The average molecular weight is 235 g/mol. The van der Waals surface area contributed by atoms with E-state index in [0.717, 1.165) is 18.5 Å². The van der Waals surface area contributed by atoms with Gasteiger partial charge in [-0.15, -0.1) is 0 Å². The van der Waals surface area contributed by atoms with Crippen LogP contribution < -0.4 is 16.4 Å². The molecule has 0 saturated carbocycles. The van der Waals surface area contributed by atoms with E-state index in [9.17, 15) is 4.79 Å². The van der Waals surface area contributed by atoms with Crippen LogP contribution in [0.4, 0.5) is 16.2 Å². The highest BCUT2D eigenvalue weighted by Crippen LogP contribution is 2.13. The lowest BCUT2D eigenvalue weighted by atomic mass is 9.99. The standard InChI is InChI=1S/C13H21N3O/c1-4-9-13(2,3)16-12(17)15-11-7-5-10(14)6-8-11/h5-8H,4,9,14H2,1-3H3,(H2,15,16,17). The Kier molecular flexibility index (Phi) is 4.37. The molecule has 0 saturated heterocycles. The number of hydrogen-bond acceptors (Lipinski definition) is 2. The third kappa shape index (κ3) is 4.76. The zero-order valence-corrected chi connectivity index (χ0v) is 10.7. The van der Waals surface area contributed by atoms with E-state index < -0.39 is 0 Å². The molecule has 0 aliphatic rings. The average Bonchev–Trinajstić information content (AvgIpc) is 2.20. The van der Waals surface area contributed by atoms with Gasteiger partial charge in [0.2, 0.25) is 0 Å². The summed E-state index contributed by atoms with van der Waals surface area (Å²) >= 11 is 0. The fourth-order valence-electron chi connectivity index (χ4n) is 1.72. The van der Waals surface area contributed by atoms with Crippen LogP contribution >= 0.6 is 0 Å². The van der Waals surface area contributed by atoms with E-state index in [1.807, 2.05) is 13.8 Å². The molecule has 0 atom stereocenters. The molecule has 0 spiro atoms. The summed E-state index contributed by atoms with van der Waals surface area (Å²) in [5.74, 6) is 0. The highest BCUT2D eigenvalue weighted by Gasteiger charge is 2.18. The van der Waals surface area contributed by atoms with Crippen molar-refractivity contribution in [2.24, 2.45) is 0 Å². The van der Waals surface area contributed by atoms with Gasteiger partial charge in [-0.05, 0) is 44.5 Å². The molecule has 4 heteroatoms. The smallest absolute Gasteiger partial charge is 0.319 e. The Labute approximate surface area is 103 Å². The summed E-state index contributed by atoms with van der Waals surface area (Å²) in [5.41, 5.74) is 6.81. The van der Waals surface area contributed by atoms with Crippen molar-refractivity contribution >= 4 is 17.4 Å². The Morgan fingerprint density at radius 2 is 1.88 bits per heavy atom. The fraction of sp³-hybridized carbons (Fsp3) is 0.462. The molecule has 1 aromatic rings. The Hall–Kier alpha value is -1.71. The summed E-state index contributed by atoms with van der Waals surface area (Å²) < 4.78 is 0. The summed E-state index contributed by atoms with van der Waals surface area (Å²) in [5, 5.41) is 5.72. The largest absolute Gasteiger partial charge is 0.399 e. The van der Waals surface area contributed by atoms with Crippen LogP contribution in [0.15, 0.2) is 24.3 Å². The van der Waals surface area contributed by atoms with E-state index in [0.29, 0.717) is 5.69 Å². The van der Waals surface area contributed by atoms with E-state index in [4.69, 9.17) is 5.73 Å². The molecule has 0 bridgehead atoms. The Bertz CT molecular complexity index is 371. The molecule has 0 heterocycles. The minimum atomic E-state index is -0.188. The highest BCUT2D eigenvalue weighted by molar-refractivity contribution is 5.89. The molecule has 4 nitrogen and oxygen atoms in total. The van der Waals surface area contributed by atoms with Crippen LogP contribution in [0.3, 0.4) is 0 Å². The van der Waals surface area contributed by atoms with E-state index in [2.05, 4.69) is 17.6 Å². The number of nitrogen functional groups attached to an aromatic ring is 1. The molecule has 0 radical (unpaired) electrons. The summed E-state index contributed by atoms with van der Waals surface area (Å²) in [6.45, 7) is 6.12. The number of carbonyl (C=O) groups excluding carboxylic acids is 1. The summed E-state index contributed by atoms with van der Waals surface area (Å²) in [6.07, 6.45) is 1.98. The molecular formula is C13H21N3O. The highest BCUT2D eigenvalue weighted by atomic mass is 16.2. The Morgan fingerprint density at radius 1 is 1.29 bits per heavy atom. The molecule has 4 N–H and O–H groups in total. The first-order valence-electron chi connectivity index (χ1n) is 5.87. The zero-order valence-electron chi connectivity index (χ0n) is 10.7. The predicted octanol–water partition coefficient (Wildman–Crippen LogP) is 2.97. The van der Waals surface area contributed by atoms with Crippen LogP contribution in [-0.2, 0) is 0 Å². The van der Waals surface area contributed by atoms with Crippen LogP contribution in [0.25, 0.3) is 0 Å². The number of amides is 2. The van der Waals surface area contributed by atoms with Crippen LogP contribution in [0, 0.1) is 0 Å². The van der Waals surface area contributed by atoms with Crippen molar-refractivity contribution in [1.82, 2.24) is 5.32 Å². The van der Waals surface area contributed by atoms with Crippen LogP contribution in [0.1, 0.15) is 33.6 Å². The fourth-order valence-corrected chi connectivity index (χ4v) is 1.72. The number of nitrogens with one attached hydrogen (secondary N) is 2. The quantitative estimate of drug-likeness (QED) is 0.702. The summed E-state index contributed by atoms with van der Waals surface area (Å²) in [6, 6.07) is 6.89. The van der Waals surface area contributed by atoms with Gasteiger partial charge in [-0.2, -0.15) is 0 Å². The molecule has 17 heavy (non-hydrogen) atoms. The number of rotatable bonds is 4. The van der Waals surface area contributed by atoms with E-state index in [-0.39, 0.29) is 11.6 Å². The molecule has 2 amide bonds. The maximum Gasteiger partial charge on any atom is 0.319 e. The lowest BCUT2D eigenvalue weighted by Gasteiger charge is -2.25. The third-order valence-electron chi connectivity index (χ3n) is 2.50. The van der Waals surface area contributed by atoms with Gasteiger partial charge in [0.1, 0.15) is 0 Å². The second kappa shape index (κ2) is 5.57. The number of benzene rings is 1. The van der Waals surface area contributed by atoms with Crippen molar-refractivity contribution in [2.45, 2.75) is 39.2 Å². The molecular weight excluding hydrogens is 214 g/mol. The first kappa shape index (κ1) is 13.4. The van der Waals surface area contributed by atoms with Crippen molar-refractivity contribution in [3.8, 4) is 0 Å². The summed E-state index contributed by atoms with van der Waals surface area (Å²) in [4.78, 5) is 11.7. The third-order valence-corrected chi connectivity index (χ3v) is 2.50. The number of urea groups is 1. The van der Waals surface area contributed by atoms with Crippen LogP contribution in [-0.4, -0.2) is 11.6 Å². The molecule has 0 fully saturated rings. The Morgan fingerprint density at radius 3 is 2.41 bits per heavy atom. The molecule has 0 aliphatic heterocycles. The topological polar surface area (TPSA) is 67.2 Å². The van der Waals surface area contributed by atoms with Gasteiger partial charge in [0.15, 0.2) is 0 Å². The van der Waals surface area contributed by atoms with Crippen LogP contribution in [0.5, 0.6) is 0 Å². The molecule has 0 aromatic heterocycles. The number of anilines is 2. The van der Waals surface area contributed by atoms with Gasteiger partial charge in [-0.3, -0.25) is 0 Å². The van der Waals surface area contributed by atoms with Gasteiger partial charge in [0, 0.05) is 16.9 Å². The minimum Gasteiger partial charge on any atom is -0.399 e. The SMILES string of the molecule is CCCC(C)(C)NC(=O)Nc1ccc(N)cc1. The molecule has 0 aliphatic carbocycles. The van der Waals surface area contributed by atoms with E-state index in [1.54, 1.807) is 24.3 Å². The zero-order chi connectivity index (χ0) is 12.9. The van der Waals surface area contributed by atoms with Crippen molar-refractivity contribution in [2.75, 3.05) is 11.1 Å². The normalized spacial score (nSPS) is 11.0. The monoisotopic (exact) mass is 235 g/mol. The van der Waals surface area contributed by atoms with Crippen molar-refractivity contribution in [3.63, 3.8) is 0 Å². The number of hydrogen-bond donors (Lipinski definition) is 3. The predicted molar refractivity (Wildman–Crippen MR) is 72.0 cm³/mol. The molecule has 94 valence electrons. The van der Waals surface area contributed by atoms with Gasteiger partial charge in [0.25, 0.3) is 0 Å². The van der Waals surface area contributed by atoms with Gasteiger partial charge in [-0.25, -0.2) is 4.79 Å². The number of nitrogens with two attached hydrogens (primary N) is 1. The van der Waals surface area contributed by atoms with Gasteiger partial charge in [0.05, 0.1) is 0 Å². The first-order chi connectivity index (χ1) is 7.93. The Balaban J connectivity index is 2.52. The summed E-state index contributed by atoms with van der Waals surface area (Å²) in [7, 11) is 0. The lowest BCUT2D eigenvalue weighted by molar-refractivity contribution is 0.239. The van der Waals surface area contributed by atoms with Crippen molar-refractivity contribution < 1.29 is 4.79 Å². The molecule has 1 rings (SSSR count). The first-order valence-corrected chi connectivity index (χ1v) is 5.87. The van der Waals surface area contributed by atoms with Crippen LogP contribution in [0.2, 0.25) is 0 Å². The maximum absolute atomic E-state index is 11.7. The maximum atomic E-state index is 11.7. The van der Waals surface area contributed by atoms with Gasteiger partial charge >= 0.3 is 6.03 Å². The molecule has 0 unspecified atom stereocenters. The second-order valence-corrected chi connectivity index (χ2v) is 4.84.